The molecule has 2 aromatic rings. The first-order valence-electron chi connectivity index (χ1n) is 12.4. The summed E-state index contributed by atoms with van der Waals surface area (Å²) < 4.78 is 26.0. The zero-order valence-electron chi connectivity index (χ0n) is 21.2. The van der Waals surface area contributed by atoms with Gasteiger partial charge in [-0.15, -0.1) is 0 Å². The van der Waals surface area contributed by atoms with E-state index in [1.54, 1.807) is 29.2 Å². The Bertz CT molecular complexity index is 1010. The lowest BCUT2D eigenvalue weighted by atomic mass is 10.1. The third-order valence-electron chi connectivity index (χ3n) is 5.90. The first kappa shape index (κ1) is 28.4. The highest BCUT2D eigenvalue weighted by Crippen LogP contribution is 2.18. The molecule has 2 aromatic carbocycles. The highest BCUT2D eigenvalue weighted by atomic mass is 32.2. The van der Waals surface area contributed by atoms with Gasteiger partial charge in [0.05, 0.1) is 11.9 Å². The van der Waals surface area contributed by atoms with Crippen LogP contribution in [0.25, 0.3) is 0 Å². The third-order valence-corrected chi connectivity index (χ3v) is 7.09. The average molecular weight is 502 g/mol. The minimum atomic E-state index is -3.49. The van der Waals surface area contributed by atoms with Gasteiger partial charge in [0.2, 0.25) is 21.8 Å². The molecule has 35 heavy (non-hydrogen) atoms. The number of hydrogen-bond donors (Lipinski definition) is 1. The van der Waals surface area contributed by atoms with E-state index >= 15 is 0 Å². The number of sulfonamides is 1. The van der Waals surface area contributed by atoms with Gasteiger partial charge in [-0.25, -0.2) is 8.42 Å². The molecule has 2 amide bonds. The van der Waals surface area contributed by atoms with Crippen LogP contribution in [-0.2, 0) is 26.0 Å². The topological polar surface area (TPSA) is 86.8 Å². The smallest absolute Gasteiger partial charge is 0.242 e. The second kappa shape index (κ2) is 14.5. The van der Waals surface area contributed by atoms with Crippen LogP contribution in [0.5, 0.6) is 0 Å². The lowest BCUT2D eigenvalue weighted by Crippen LogP contribution is -2.50. The van der Waals surface area contributed by atoms with Crippen molar-refractivity contribution in [3.63, 3.8) is 0 Å². The Morgan fingerprint density at radius 3 is 2.11 bits per heavy atom. The second-order valence-corrected chi connectivity index (χ2v) is 10.6. The standard InChI is InChI=1S/C27H39N3O4S/c1-4-6-20-28-27(32)25(5-2)29(22-19-23-14-9-7-10-15-23)26(31)18-13-21-30(35(3,33)34)24-16-11-8-12-17-24/h7-12,14-17,25H,4-6,13,18-22H2,1-3H3,(H,28,32)/t25-/m0/s1. The Morgan fingerprint density at radius 2 is 1.54 bits per heavy atom. The second-order valence-electron chi connectivity index (χ2n) is 8.67. The van der Waals surface area contributed by atoms with E-state index < -0.39 is 16.1 Å². The molecule has 0 radical (unpaired) electrons. The molecule has 1 N–H and O–H groups in total. The van der Waals surface area contributed by atoms with Gasteiger partial charge in [0.15, 0.2) is 0 Å². The van der Waals surface area contributed by atoms with E-state index in [4.69, 9.17) is 0 Å². The molecule has 0 saturated carbocycles. The van der Waals surface area contributed by atoms with Gasteiger partial charge in [0.25, 0.3) is 0 Å². The molecule has 0 aromatic heterocycles. The molecule has 0 aliphatic heterocycles. The van der Waals surface area contributed by atoms with Crippen molar-refractivity contribution in [2.45, 2.75) is 58.4 Å². The Hall–Kier alpha value is -2.87. The Balaban J connectivity index is 2.11. The summed E-state index contributed by atoms with van der Waals surface area (Å²) in [7, 11) is -3.49. The van der Waals surface area contributed by atoms with Crippen LogP contribution in [0.4, 0.5) is 5.69 Å². The Labute approximate surface area is 210 Å². The van der Waals surface area contributed by atoms with Crippen LogP contribution in [0.3, 0.4) is 0 Å². The average Bonchev–Trinajstić information content (AvgIpc) is 2.84. The Morgan fingerprint density at radius 1 is 0.914 bits per heavy atom. The van der Waals surface area contributed by atoms with Gasteiger partial charge in [-0.3, -0.25) is 13.9 Å². The van der Waals surface area contributed by atoms with Gasteiger partial charge < -0.3 is 10.2 Å². The fraction of sp³-hybridized carbons (Fsp3) is 0.481. The quantitative estimate of drug-likeness (QED) is 0.374. The molecule has 1 atom stereocenters. The predicted octanol–water partition coefficient (Wildman–Crippen LogP) is 4.00. The molecule has 0 aliphatic rings. The fourth-order valence-electron chi connectivity index (χ4n) is 4.00. The van der Waals surface area contributed by atoms with E-state index in [0.29, 0.717) is 38.0 Å². The summed E-state index contributed by atoms with van der Waals surface area (Å²) in [6.45, 7) is 5.19. The van der Waals surface area contributed by atoms with Crippen LogP contribution in [-0.4, -0.2) is 57.1 Å². The molecular formula is C27H39N3O4S. The molecule has 8 heteroatoms. The van der Waals surface area contributed by atoms with Crippen molar-refractivity contribution < 1.29 is 18.0 Å². The summed E-state index contributed by atoms with van der Waals surface area (Å²) in [5.41, 5.74) is 1.67. The maximum Gasteiger partial charge on any atom is 0.242 e. The Kier molecular flexibility index (Phi) is 11.8. The number of carbonyl (C=O) groups is 2. The van der Waals surface area contributed by atoms with E-state index in [-0.39, 0.29) is 24.8 Å². The van der Waals surface area contributed by atoms with Crippen molar-refractivity contribution in [3.8, 4) is 0 Å². The van der Waals surface area contributed by atoms with Gasteiger partial charge >= 0.3 is 0 Å². The predicted molar refractivity (Wildman–Crippen MR) is 142 cm³/mol. The summed E-state index contributed by atoms with van der Waals surface area (Å²) in [5, 5.41) is 2.96. The van der Waals surface area contributed by atoms with Crippen molar-refractivity contribution in [2.24, 2.45) is 0 Å². The normalized spacial score (nSPS) is 12.1. The zero-order valence-corrected chi connectivity index (χ0v) is 22.0. The van der Waals surface area contributed by atoms with Gasteiger partial charge in [-0.2, -0.15) is 0 Å². The van der Waals surface area contributed by atoms with Gasteiger partial charge in [-0.05, 0) is 43.4 Å². The van der Waals surface area contributed by atoms with Crippen LogP contribution in [0, 0.1) is 0 Å². The fourth-order valence-corrected chi connectivity index (χ4v) is 4.97. The number of amides is 2. The molecule has 0 heterocycles. The summed E-state index contributed by atoms with van der Waals surface area (Å²) in [5.74, 6) is -0.274. The lowest BCUT2D eigenvalue weighted by Gasteiger charge is -2.31. The number of carbonyl (C=O) groups excluding carboxylic acids is 2. The zero-order chi connectivity index (χ0) is 25.7. The number of rotatable bonds is 15. The molecule has 0 aliphatic carbocycles. The summed E-state index contributed by atoms with van der Waals surface area (Å²) in [6.07, 6.45) is 4.71. The maximum atomic E-state index is 13.3. The van der Waals surface area contributed by atoms with Crippen LogP contribution in [0.2, 0.25) is 0 Å². The molecule has 0 bridgehead atoms. The van der Waals surface area contributed by atoms with E-state index in [2.05, 4.69) is 12.2 Å². The van der Waals surface area contributed by atoms with Gasteiger partial charge in [0, 0.05) is 26.1 Å². The van der Waals surface area contributed by atoms with Crippen molar-refractivity contribution in [2.75, 3.05) is 30.2 Å². The highest BCUT2D eigenvalue weighted by Gasteiger charge is 2.28. The van der Waals surface area contributed by atoms with Crippen LogP contribution in [0.1, 0.15) is 51.5 Å². The highest BCUT2D eigenvalue weighted by molar-refractivity contribution is 7.92. The molecule has 0 unspecified atom stereocenters. The summed E-state index contributed by atoms with van der Waals surface area (Å²) in [6, 6.07) is 18.2. The third kappa shape index (κ3) is 9.36. The van der Waals surface area contributed by atoms with Crippen LogP contribution < -0.4 is 9.62 Å². The molecule has 0 spiro atoms. The minimum absolute atomic E-state index is 0.135. The largest absolute Gasteiger partial charge is 0.354 e. The van der Waals surface area contributed by atoms with Gasteiger partial charge in [-0.1, -0.05) is 68.8 Å². The van der Waals surface area contributed by atoms with Crippen molar-refractivity contribution in [1.29, 1.82) is 0 Å². The number of anilines is 1. The molecular weight excluding hydrogens is 462 g/mol. The minimum Gasteiger partial charge on any atom is -0.354 e. The van der Waals surface area contributed by atoms with E-state index in [1.165, 1.54) is 10.6 Å². The number of para-hydroxylation sites is 1. The molecule has 2 rings (SSSR count). The van der Waals surface area contributed by atoms with Gasteiger partial charge in [0.1, 0.15) is 6.04 Å². The number of hydrogen-bond acceptors (Lipinski definition) is 4. The number of nitrogens with zero attached hydrogens (tertiary/aromatic N) is 2. The SMILES string of the molecule is CCCCNC(=O)[C@H](CC)N(CCc1ccccc1)C(=O)CCCN(c1ccccc1)S(C)(=O)=O. The maximum absolute atomic E-state index is 13.3. The molecule has 0 saturated heterocycles. The molecule has 0 fully saturated rings. The van der Waals surface area contributed by atoms with E-state index in [0.717, 1.165) is 18.4 Å². The van der Waals surface area contributed by atoms with Crippen molar-refractivity contribution in [1.82, 2.24) is 10.2 Å². The monoisotopic (exact) mass is 501 g/mol. The first-order valence-corrected chi connectivity index (χ1v) is 14.3. The summed E-state index contributed by atoms with van der Waals surface area (Å²) >= 11 is 0. The van der Waals surface area contributed by atoms with Crippen LogP contribution >= 0.6 is 0 Å². The lowest BCUT2D eigenvalue weighted by molar-refractivity contribution is -0.140. The molecule has 192 valence electrons. The van der Waals surface area contributed by atoms with E-state index in [9.17, 15) is 18.0 Å². The van der Waals surface area contributed by atoms with Crippen LogP contribution in [0.15, 0.2) is 60.7 Å². The van der Waals surface area contributed by atoms with Crippen molar-refractivity contribution >= 4 is 27.5 Å². The first-order chi connectivity index (χ1) is 16.8. The van der Waals surface area contributed by atoms with Crippen molar-refractivity contribution in [3.05, 3.63) is 66.2 Å². The molecule has 7 nitrogen and oxygen atoms in total. The number of benzene rings is 2. The van der Waals surface area contributed by atoms with E-state index in [1.807, 2.05) is 43.3 Å². The number of nitrogens with one attached hydrogen (secondary N) is 1. The summed E-state index contributed by atoms with van der Waals surface area (Å²) in [4.78, 5) is 27.9. The number of unbranched alkanes of at least 4 members (excludes halogenated alkanes) is 1.